The molecule has 2 aliphatic rings. The summed E-state index contributed by atoms with van der Waals surface area (Å²) in [6, 6.07) is 0. The van der Waals surface area contributed by atoms with Gasteiger partial charge in [-0.1, -0.05) is 25.6 Å². The lowest BCUT2D eigenvalue weighted by Crippen LogP contribution is -2.43. The molecule has 0 unspecified atom stereocenters. The average Bonchev–Trinajstić information content (AvgIpc) is 3.12. The second-order valence-electron chi connectivity index (χ2n) is 7.25. The van der Waals surface area contributed by atoms with Gasteiger partial charge >= 0.3 is 0 Å². The fraction of sp³-hybridized carbons (Fsp3) is 0.611. The summed E-state index contributed by atoms with van der Waals surface area (Å²) in [6.07, 6.45) is 6.41. The molecule has 3 heterocycles. The first kappa shape index (κ1) is 16.3. The molecule has 24 heavy (non-hydrogen) atoms. The Labute approximate surface area is 151 Å². The molecule has 4 nitrogen and oxygen atoms in total. The van der Waals surface area contributed by atoms with Crippen molar-refractivity contribution in [2.24, 2.45) is 11.8 Å². The van der Waals surface area contributed by atoms with Crippen LogP contribution in [0.2, 0.25) is 0 Å². The molecule has 0 bridgehead atoms. The summed E-state index contributed by atoms with van der Waals surface area (Å²) >= 11 is 3.39. The van der Waals surface area contributed by atoms with Crippen molar-refractivity contribution in [2.45, 2.75) is 44.6 Å². The number of thioether (sulfide) groups is 1. The molecule has 0 N–H and O–H groups in total. The highest BCUT2D eigenvalue weighted by atomic mass is 32.2. The Kier molecular flexibility index (Phi) is 4.52. The van der Waals surface area contributed by atoms with Gasteiger partial charge in [0.1, 0.15) is 16.2 Å². The fourth-order valence-corrected chi connectivity index (χ4v) is 6.32. The van der Waals surface area contributed by atoms with Gasteiger partial charge in [0.15, 0.2) is 0 Å². The monoisotopic (exact) mass is 361 g/mol. The van der Waals surface area contributed by atoms with Crippen LogP contribution < -0.4 is 0 Å². The number of aryl methyl sites for hydroxylation is 2. The summed E-state index contributed by atoms with van der Waals surface area (Å²) < 4.78 is 0. The van der Waals surface area contributed by atoms with Crippen LogP contribution in [-0.2, 0) is 17.6 Å². The molecule has 0 aromatic carbocycles. The van der Waals surface area contributed by atoms with Gasteiger partial charge in [-0.25, -0.2) is 9.97 Å². The van der Waals surface area contributed by atoms with Crippen LogP contribution in [0.15, 0.2) is 11.4 Å². The second kappa shape index (κ2) is 6.64. The van der Waals surface area contributed by atoms with Gasteiger partial charge < -0.3 is 4.90 Å². The van der Waals surface area contributed by atoms with Crippen LogP contribution in [-0.4, -0.2) is 39.6 Å². The van der Waals surface area contributed by atoms with Gasteiger partial charge in [0.2, 0.25) is 5.91 Å². The van der Waals surface area contributed by atoms with E-state index < -0.39 is 0 Å². The van der Waals surface area contributed by atoms with Crippen LogP contribution in [0.25, 0.3) is 10.2 Å². The van der Waals surface area contributed by atoms with E-state index in [0.29, 0.717) is 17.6 Å². The molecule has 2 atom stereocenters. The van der Waals surface area contributed by atoms with Crippen LogP contribution in [0.1, 0.15) is 37.1 Å². The van der Waals surface area contributed by atoms with E-state index in [9.17, 15) is 4.79 Å². The third-order valence-corrected chi connectivity index (χ3v) is 7.19. The minimum absolute atomic E-state index is 0.247. The van der Waals surface area contributed by atoms with Crippen molar-refractivity contribution in [3.05, 3.63) is 16.8 Å². The van der Waals surface area contributed by atoms with Crippen LogP contribution in [0.3, 0.4) is 0 Å². The maximum absolute atomic E-state index is 12.6. The highest BCUT2D eigenvalue weighted by molar-refractivity contribution is 8.00. The number of likely N-dealkylation sites (tertiary alicyclic amines) is 1. The maximum Gasteiger partial charge on any atom is 0.233 e. The van der Waals surface area contributed by atoms with Gasteiger partial charge in [0.05, 0.1) is 5.75 Å². The Hall–Kier alpha value is -1.14. The van der Waals surface area contributed by atoms with Crippen molar-refractivity contribution >= 4 is 39.2 Å². The fourth-order valence-electron chi connectivity index (χ4n) is 4.10. The van der Waals surface area contributed by atoms with Crippen molar-refractivity contribution in [2.75, 3.05) is 18.8 Å². The van der Waals surface area contributed by atoms with E-state index in [1.807, 2.05) is 4.90 Å². The van der Waals surface area contributed by atoms with Gasteiger partial charge in [-0.2, -0.15) is 0 Å². The first-order chi connectivity index (χ1) is 11.6. The topological polar surface area (TPSA) is 46.1 Å². The summed E-state index contributed by atoms with van der Waals surface area (Å²) in [4.78, 5) is 26.2. The SMILES string of the molecule is C[C@@H]1C[C@H](C)CN(C(=O)CSc2ncnc3sc4c(c23)CCC4)C1. The van der Waals surface area contributed by atoms with Gasteiger partial charge in [0.25, 0.3) is 0 Å². The minimum Gasteiger partial charge on any atom is -0.341 e. The molecule has 1 saturated heterocycles. The molecule has 1 aliphatic heterocycles. The Morgan fingerprint density at radius 1 is 1.29 bits per heavy atom. The van der Waals surface area contributed by atoms with Gasteiger partial charge in [0, 0.05) is 23.4 Å². The third-order valence-electron chi connectivity index (χ3n) is 5.02. The zero-order chi connectivity index (χ0) is 16.7. The molecule has 2 aromatic heterocycles. The van der Waals surface area contributed by atoms with Crippen molar-refractivity contribution in [1.82, 2.24) is 14.9 Å². The molecule has 128 valence electrons. The number of hydrogen-bond donors (Lipinski definition) is 0. The van der Waals surface area contributed by atoms with E-state index in [2.05, 4.69) is 23.8 Å². The first-order valence-corrected chi connectivity index (χ1v) is 10.6. The van der Waals surface area contributed by atoms with Crippen LogP contribution in [0, 0.1) is 11.8 Å². The number of aromatic nitrogens is 2. The van der Waals surface area contributed by atoms with Crippen LogP contribution in [0.4, 0.5) is 0 Å². The van der Waals surface area contributed by atoms with E-state index in [1.165, 1.54) is 35.1 Å². The number of piperidine rings is 1. The van der Waals surface area contributed by atoms with E-state index in [1.54, 1.807) is 29.4 Å². The molecule has 4 rings (SSSR count). The van der Waals surface area contributed by atoms with Crippen molar-refractivity contribution in [3.63, 3.8) is 0 Å². The lowest BCUT2D eigenvalue weighted by Gasteiger charge is -2.35. The smallest absolute Gasteiger partial charge is 0.233 e. The highest BCUT2D eigenvalue weighted by Gasteiger charge is 2.26. The number of nitrogens with zero attached hydrogens (tertiary/aromatic N) is 3. The minimum atomic E-state index is 0.247. The average molecular weight is 362 g/mol. The molecule has 0 radical (unpaired) electrons. The maximum atomic E-state index is 12.6. The Bertz CT molecular complexity index is 763. The highest BCUT2D eigenvalue weighted by Crippen LogP contribution is 2.40. The molecule has 1 amide bonds. The summed E-state index contributed by atoms with van der Waals surface area (Å²) in [5.41, 5.74) is 1.44. The molecule has 2 aromatic rings. The molecule has 0 saturated carbocycles. The van der Waals surface area contributed by atoms with E-state index in [4.69, 9.17) is 0 Å². The van der Waals surface area contributed by atoms with E-state index in [-0.39, 0.29) is 5.91 Å². The number of hydrogen-bond acceptors (Lipinski definition) is 5. The van der Waals surface area contributed by atoms with Crippen molar-refractivity contribution in [1.29, 1.82) is 0 Å². The number of fused-ring (bicyclic) bond motifs is 3. The second-order valence-corrected chi connectivity index (χ2v) is 9.30. The predicted molar refractivity (Wildman–Crippen MR) is 99.7 cm³/mol. The number of carbonyl (C=O) groups is 1. The molecule has 1 fully saturated rings. The molecular formula is C18H23N3OS2. The zero-order valence-corrected chi connectivity index (χ0v) is 15.9. The molecule has 0 spiro atoms. The van der Waals surface area contributed by atoms with Gasteiger partial charge in [-0.15, -0.1) is 11.3 Å². The van der Waals surface area contributed by atoms with Gasteiger partial charge in [-0.3, -0.25) is 4.79 Å². The van der Waals surface area contributed by atoms with Gasteiger partial charge in [-0.05, 0) is 43.1 Å². The summed E-state index contributed by atoms with van der Waals surface area (Å²) in [6.45, 7) is 6.28. The normalized spacial score (nSPS) is 23.7. The van der Waals surface area contributed by atoms with Crippen molar-refractivity contribution in [3.8, 4) is 0 Å². The number of amides is 1. The van der Waals surface area contributed by atoms with Crippen LogP contribution >= 0.6 is 23.1 Å². The largest absolute Gasteiger partial charge is 0.341 e. The molecule has 6 heteroatoms. The Morgan fingerprint density at radius 3 is 2.88 bits per heavy atom. The molecular weight excluding hydrogens is 338 g/mol. The standard InChI is InChI=1S/C18H23N3OS2/c1-11-6-12(2)8-21(7-11)15(22)9-23-17-16-13-4-3-5-14(13)24-18(16)20-10-19-17/h10-12H,3-9H2,1-2H3/t11-,12+. The Balaban J connectivity index is 1.50. The zero-order valence-electron chi connectivity index (χ0n) is 14.2. The van der Waals surface area contributed by atoms with E-state index >= 15 is 0 Å². The summed E-state index contributed by atoms with van der Waals surface area (Å²) in [5, 5.41) is 2.21. The number of carbonyl (C=O) groups excluding carboxylic acids is 1. The van der Waals surface area contributed by atoms with Crippen molar-refractivity contribution < 1.29 is 4.79 Å². The van der Waals surface area contributed by atoms with E-state index in [0.717, 1.165) is 29.4 Å². The lowest BCUT2D eigenvalue weighted by atomic mass is 9.92. The Morgan fingerprint density at radius 2 is 2.08 bits per heavy atom. The number of thiophene rings is 1. The molecule has 1 aliphatic carbocycles. The van der Waals surface area contributed by atoms with Crippen LogP contribution in [0.5, 0.6) is 0 Å². The summed E-state index contributed by atoms with van der Waals surface area (Å²) in [7, 11) is 0. The lowest BCUT2D eigenvalue weighted by molar-refractivity contribution is -0.130. The predicted octanol–water partition coefficient (Wildman–Crippen LogP) is 3.78. The number of rotatable bonds is 3. The third kappa shape index (κ3) is 3.06. The quantitative estimate of drug-likeness (QED) is 0.617. The summed E-state index contributed by atoms with van der Waals surface area (Å²) in [5.74, 6) is 1.94. The first-order valence-electron chi connectivity index (χ1n) is 8.77.